The zero-order valence-electron chi connectivity index (χ0n) is 10.3. The molecule has 2 rings (SSSR count). The van der Waals surface area contributed by atoms with Gasteiger partial charge in [0.1, 0.15) is 5.01 Å². The second kappa shape index (κ2) is 6.44. The van der Waals surface area contributed by atoms with E-state index in [4.69, 9.17) is 10.5 Å². The summed E-state index contributed by atoms with van der Waals surface area (Å²) in [6.07, 6.45) is 2.71. The monoisotopic (exact) mass is 255 g/mol. The van der Waals surface area contributed by atoms with Crippen LogP contribution >= 0.6 is 11.3 Å². The summed E-state index contributed by atoms with van der Waals surface area (Å²) in [7, 11) is 0. The third-order valence-corrected chi connectivity index (χ3v) is 3.83. The van der Waals surface area contributed by atoms with Crippen molar-refractivity contribution in [3.63, 3.8) is 0 Å². The number of nitrogens with zero attached hydrogens (tertiary/aromatic N) is 1. The third-order valence-electron chi connectivity index (χ3n) is 2.74. The van der Waals surface area contributed by atoms with E-state index < -0.39 is 0 Å². The summed E-state index contributed by atoms with van der Waals surface area (Å²) < 4.78 is 5.54. The predicted molar refractivity (Wildman–Crippen MR) is 70.0 cm³/mol. The maximum absolute atomic E-state index is 5.76. The maximum Gasteiger partial charge on any atom is 0.109 e. The van der Waals surface area contributed by atoms with Crippen LogP contribution in [0, 0.1) is 5.92 Å². The van der Waals surface area contributed by atoms with Crippen LogP contribution in [0.2, 0.25) is 0 Å². The van der Waals surface area contributed by atoms with E-state index in [2.05, 4.69) is 15.7 Å². The highest BCUT2D eigenvalue weighted by Gasteiger charge is 2.20. The molecule has 1 aliphatic rings. The molecule has 0 saturated heterocycles. The Morgan fingerprint density at radius 2 is 2.47 bits per heavy atom. The quantitative estimate of drug-likeness (QED) is 0.694. The molecule has 0 aliphatic heterocycles. The highest BCUT2D eigenvalue weighted by Crippen LogP contribution is 2.28. The summed E-state index contributed by atoms with van der Waals surface area (Å²) in [4.78, 5) is 4.46. The van der Waals surface area contributed by atoms with Gasteiger partial charge in [-0.05, 0) is 25.7 Å². The Bertz CT molecular complexity index is 336. The van der Waals surface area contributed by atoms with Crippen molar-refractivity contribution in [2.24, 2.45) is 11.7 Å². The van der Waals surface area contributed by atoms with Crippen LogP contribution in [0.3, 0.4) is 0 Å². The molecule has 17 heavy (non-hydrogen) atoms. The van der Waals surface area contributed by atoms with E-state index in [0.29, 0.717) is 0 Å². The molecule has 5 heteroatoms. The Labute approximate surface area is 107 Å². The van der Waals surface area contributed by atoms with Gasteiger partial charge in [0.05, 0.1) is 18.3 Å². The first-order valence-electron chi connectivity index (χ1n) is 6.24. The Kier molecular flexibility index (Phi) is 4.91. The molecule has 3 N–H and O–H groups in total. The van der Waals surface area contributed by atoms with E-state index >= 15 is 0 Å². The van der Waals surface area contributed by atoms with Gasteiger partial charge in [0, 0.05) is 25.1 Å². The first-order chi connectivity index (χ1) is 8.25. The summed E-state index contributed by atoms with van der Waals surface area (Å²) in [6, 6.07) is 0.0376. The van der Waals surface area contributed by atoms with Crippen molar-refractivity contribution in [3.8, 4) is 0 Å². The minimum absolute atomic E-state index is 0.0376. The summed E-state index contributed by atoms with van der Waals surface area (Å²) in [5.74, 6) is 0.849. The first kappa shape index (κ1) is 13.0. The van der Waals surface area contributed by atoms with E-state index in [9.17, 15) is 0 Å². The Morgan fingerprint density at radius 3 is 3.12 bits per heavy atom. The van der Waals surface area contributed by atoms with E-state index in [1.165, 1.54) is 12.8 Å². The molecule has 4 nitrogen and oxygen atoms in total. The fraction of sp³-hybridized carbons (Fsp3) is 0.750. The first-order valence-corrected chi connectivity index (χ1v) is 7.12. The molecular weight excluding hydrogens is 234 g/mol. The van der Waals surface area contributed by atoms with Gasteiger partial charge in [0.15, 0.2) is 0 Å². The molecular formula is C12H21N3OS. The van der Waals surface area contributed by atoms with E-state index in [1.54, 1.807) is 11.3 Å². The molecule has 0 bridgehead atoms. The van der Waals surface area contributed by atoms with Gasteiger partial charge in [-0.25, -0.2) is 4.98 Å². The van der Waals surface area contributed by atoms with Crippen LogP contribution in [0.5, 0.6) is 0 Å². The molecule has 1 unspecified atom stereocenters. The summed E-state index contributed by atoms with van der Waals surface area (Å²) in [5.41, 5.74) is 6.84. The van der Waals surface area contributed by atoms with Crippen molar-refractivity contribution < 1.29 is 4.74 Å². The fourth-order valence-electron chi connectivity index (χ4n) is 1.51. The topological polar surface area (TPSA) is 60.2 Å². The maximum atomic E-state index is 5.76. The molecule has 0 amide bonds. The SMILES string of the molecule is CC(N)c1nc(CNCCOCC2CC2)cs1. The summed E-state index contributed by atoms with van der Waals surface area (Å²) in [5, 5.41) is 6.40. The molecule has 1 aliphatic carbocycles. The largest absolute Gasteiger partial charge is 0.380 e. The predicted octanol–water partition coefficient (Wildman–Crippen LogP) is 1.68. The van der Waals surface area contributed by atoms with E-state index in [1.807, 2.05) is 6.92 Å². The number of hydrogen-bond acceptors (Lipinski definition) is 5. The summed E-state index contributed by atoms with van der Waals surface area (Å²) >= 11 is 1.63. The molecule has 0 aromatic carbocycles. The van der Waals surface area contributed by atoms with Crippen LogP contribution in [0.25, 0.3) is 0 Å². The van der Waals surface area contributed by atoms with Crippen molar-refractivity contribution in [2.75, 3.05) is 19.8 Å². The van der Waals surface area contributed by atoms with Gasteiger partial charge in [0.2, 0.25) is 0 Å². The lowest BCUT2D eigenvalue weighted by molar-refractivity contribution is 0.126. The highest BCUT2D eigenvalue weighted by atomic mass is 32.1. The molecule has 0 spiro atoms. The molecule has 0 radical (unpaired) electrons. The second-order valence-corrected chi connectivity index (χ2v) is 5.55. The molecule has 1 aromatic heterocycles. The number of nitrogens with one attached hydrogen (secondary N) is 1. The van der Waals surface area contributed by atoms with Crippen molar-refractivity contribution in [1.29, 1.82) is 0 Å². The van der Waals surface area contributed by atoms with Gasteiger partial charge < -0.3 is 15.8 Å². The lowest BCUT2D eigenvalue weighted by Crippen LogP contribution is -2.20. The van der Waals surface area contributed by atoms with Crippen LogP contribution in [0.15, 0.2) is 5.38 Å². The molecule has 1 saturated carbocycles. The van der Waals surface area contributed by atoms with Crippen LogP contribution in [0.4, 0.5) is 0 Å². The van der Waals surface area contributed by atoms with Crippen LogP contribution < -0.4 is 11.1 Å². The number of nitrogens with two attached hydrogens (primary N) is 1. The van der Waals surface area contributed by atoms with E-state index in [-0.39, 0.29) is 6.04 Å². The fourth-order valence-corrected chi connectivity index (χ4v) is 2.29. The Hall–Kier alpha value is -0.490. The third kappa shape index (κ3) is 4.71. The number of thiazole rings is 1. The molecule has 96 valence electrons. The standard InChI is InChI=1S/C12H21N3OS/c1-9(13)12-15-11(8-17-12)6-14-4-5-16-7-10-2-3-10/h8-10,14H,2-7,13H2,1H3. The van der Waals surface area contributed by atoms with Gasteiger partial charge in [-0.15, -0.1) is 11.3 Å². The molecule has 1 heterocycles. The van der Waals surface area contributed by atoms with Gasteiger partial charge in [-0.1, -0.05) is 0 Å². The molecule has 1 fully saturated rings. The second-order valence-electron chi connectivity index (χ2n) is 4.66. The van der Waals surface area contributed by atoms with Crippen molar-refractivity contribution in [3.05, 3.63) is 16.1 Å². The van der Waals surface area contributed by atoms with Gasteiger partial charge in [0.25, 0.3) is 0 Å². The number of aromatic nitrogens is 1. The van der Waals surface area contributed by atoms with E-state index in [0.717, 1.165) is 42.9 Å². The number of rotatable bonds is 8. The number of hydrogen-bond donors (Lipinski definition) is 2. The van der Waals surface area contributed by atoms with Crippen molar-refractivity contribution in [1.82, 2.24) is 10.3 Å². The zero-order chi connectivity index (χ0) is 12.1. The highest BCUT2D eigenvalue weighted by molar-refractivity contribution is 7.09. The number of ether oxygens (including phenoxy) is 1. The van der Waals surface area contributed by atoms with Crippen LogP contribution in [-0.2, 0) is 11.3 Å². The minimum atomic E-state index is 0.0376. The minimum Gasteiger partial charge on any atom is -0.380 e. The zero-order valence-corrected chi connectivity index (χ0v) is 11.1. The normalized spacial score (nSPS) is 17.3. The van der Waals surface area contributed by atoms with Crippen molar-refractivity contribution >= 4 is 11.3 Å². The van der Waals surface area contributed by atoms with Gasteiger partial charge >= 0.3 is 0 Å². The summed E-state index contributed by atoms with van der Waals surface area (Å²) in [6.45, 7) is 5.38. The van der Waals surface area contributed by atoms with Gasteiger partial charge in [-0.3, -0.25) is 0 Å². The van der Waals surface area contributed by atoms with Crippen LogP contribution in [0.1, 0.15) is 36.5 Å². The average molecular weight is 255 g/mol. The van der Waals surface area contributed by atoms with Crippen molar-refractivity contribution in [2.45, 2.75) is 32.4 Å². The smallest absolute Gasteiger partial charge is 0.109 e. The van der Waals surface area contributed by atoms with Crippen LogP contribution in [-0.4, -0.2) is 24.7 Å². The molecule has 1 aromatic rings. The average Bonchev–Trinajstić information content (AvgIpc) is 3.00. The molecule has 1 atom stereocenters. The van der Waals surface area contributed by atoms with Gasteiger partial charge in [-0.2, -0.15) is 0 Å². The Morgan fingerprint density at radius 1 is 1.65 bits per heavy atom. The lowest BCUT2D eigenvalue weighted by atomic mass is 10.4. The Balaban J connectivity index is 1.54. The lowest BCUT2D eigenvalue weighted by Gasteiger charge is -2.04.